The number of halogens is 3. The minimum absolute atomic E-state index is 0.437. The zero-order valence-corrected chi connectivity index (χ0v) is 11.0. The molecule has 1 fully saturated rings. The molecule has 8 heteroatoms. The van der Waals surface area contributed by atoms with Crippen LogP contribution in [0.5, 0.6) is 0 Å². The molecule has 0 aromatic carbocycles. The number of aromatic carboxylic acids is 1. The van der Waals surface area contributed by atoms with E-state index in [0.29, 0.717) is 13.0 Å². The summed E-state index contributed by atoms with van der Waals surface area (Å²) in [6.45, 7) is 4.01. The molecular formula is C12H16F3N3O2. The molecule has 1 aliphatic heterocycles. The molecule has 2 heterocycles. The lowest BCUT2D eigenvalue weighted by Gasteiger charge is -2.32. The number of carboxylic acid groups (broad SMARTS) is 1. The summed E-state index contributed by atoms with van der Waals surface area (Å²) in [7, 11) is 0. The molecule has 1 aliphatic rings. The largest absolute Gasteiger partial charge is 0.478 e. The monoisotopic (exact) mass is 291 g/mol. The summed E-state index contributed by atoms with van der Waals surface area (Å²) in [6, 6.07) is -0.437. The van der Waals surface area contributed by atoms with Crippen LogP contribution in [0.2, 0.25) is 0 Å². The Hall–Kier alpha value is -1.57. The van der Waals surface area contributed by atoms with Gasteiger partial charge < -0.3 is 10.0 Å². The van der Waals surface area contributed by atoms with E-state index < -0.39 is 29.4 Å². The highest BCUT2D eigenvalue weighted by Gasteiger charge is 2.42. The number of likely N-dealkylation sites (N-methyl/N-ethyl adjacent to an activating group) is 1. The predicted molar refractivity (Wildman–Crippen MR) is 64.6 cm³/mol. The van der Waals surface area contributed by atoms with Crippen molar-refractivity contribution in [2.45, 2.75) is 32.0 Å². The van der Waals surface area contributed by atoms with E-state index >= 15 is 0 Å². The van der Waals surface area contributed by atoms with Gasteiger partial charge in [-0.3, -0.25) is 4.68 Å². The minimum Gasteiger partial charge on any atom is -0.478 e. The van der Waals surface area contributed by atoms with Gasteiger partial charge in [0.15, 0.2) is 5.69 Å². The third-order valence-corrected chi connectivity index (χ3v) is 3.57. The Labute approximate surface area is 114 Å². The molecule has 0 saturated carbocycles. The van der Waals surface area contributed by atoms with E-state index in [1.54, 1.807) is 0 Å². The van der Waals surface area contributed by atoms with Crippen LogP contribution in [0.3, 0.4) is 0 Å². The molecular weight excluding hydrogens is 275 g/mol. The molecule has 1 atom stereocenters. The highest BCUT2D eigenvalue weighted by molar-refractivity contribution is 5.88. The summed E-state index contributed by atoms with van der Waals surface area (Å²) >= 11 is 0. The second-order valence-corrected chi connectivity index (χ2v) is 4.84. The minimum atomic E-state index is -4.72. The van der Waals surface area contributed by atoms with Crippen molar-refractivity contribution in [3.63, 3.8) is 0 Å². The zero-order chi connectivity index (χ0) is 14.9. The second-order valence-electron chi connectivity index (χ2n) is 4.84. The molecule has 0 spiro atoms. The van der Waals surface area contributed by atoms with Crippen LogP contribution in [0.15, 0.2) is 6.20 Å². The maximum Gasteiger partial charge on any atom is 0.433 e. The van der Waals surface area contributed by atoms with Gasteiger partial charge in [0.25, 0.3) is 0 Å². The van der Waals surface area contributed by atoms with Crippen molar-refractivity contribution in [1.29, 1.82) is 0 Å². The lowest BCUT2D eigenvalue weighted by atomic mass is 10.1. The van der Waals surface area contributed by atoms with Gasteiger partial charge >= 0.3 is 12.1 Å². The fraction of sp³-hybridized carbons (Fsp3) is 0.667. The lowest BCUT2D eigenvalue weighted by molar-refractivity contribution is -0.145. The summed E-state index contributed by atoms with van der Waals surface area (Å²) in [5.74, 6) is -1.60. The fourth-order valence-corrected chi connectivity index (χ4v) is 2.60. The van der Waals surface area contributed by atoms with E-state index in [-0.39, 0.29) is 0 Å². The van der Waals surface area contributed by atoms with Gasteiger partial charge in [0.2, 0.25) is 0 Å². The van der Waals surface area contributed by atoms with Crippen molar-refractivity contribution < 1.29 is 23.1 Å². The number of nitrogens with zero attached hydrogens (tertiary/aromatic N) is 3. The summed E-state index contributed by atoms with van der Waals surface area (Å²) < 4.78 is 40.1. The van der Waals surface area contributed by atoms with Crippen molar-refractivity contribution in [2.75, 3.05) is 19.6 Å². The summed E-state index contributed by atoms with van der Waals surface area (Å²) in [5, 5.41) is 12.6. The van der Waals surface area contributed by atoms with Crippen LogP contribution in [-0.4, -0.2) is 45.4 Å². The number of carboxylic acids is 1. The van der Waals surface area contributed by atoms with Crippen LogP contribution >= 0.6 is 0 Å². The molecule has 1 saturated heterocycles. The van der Waals surface area contributed by atoms with Gasteiger partial charge in [0.1, 0.15) is 5.56 Å². The van der Waals surface area contributed by atoms with Crippen LogP contribution in [0.4, 0.5) is 13.2 Å². The van der Waals surface area contributed by atoms with Gasteiger partial charge in [-0.15, -0.1) is 0 Å². The number of rotatable bonds is 3. The first-order valence-corrected chi connectivity index (χ1v) is 6.45. The van der Waals surface area contributed by atoms with E-state index in [0.717, 1.165) is 30.4 Å². The van der Waals surface area contributed by atoms with Gasteiger partial charge in [-0.2, -0.15) is 18.3 Å². The van der Waals surface area contributed by atoms with E-state index in [1.165, 1.54) is 0 Å². The second kappa shape index (κ2) is 5.43. The highest BCUT2D eigenvalue weighted by atomic mass is 19.4. The normalized spacial score (nSPS) is 21.1. The smallest absolute Gasteiger partial charge is 0.433 e. The molecule has 1 unspecified atom stereocenters. The Morgan fingerprint density at radius 2 is 2.25 bits per heavy atom. The van der Waals surface area contributed by atoms with E-state index in [9.17, 15) is 18.0 Å². The first kappa shape index (κ1) is 14.8. The third kappa shape index (κ3) is 2.79. The van der Waals surface area contributed by atoms with Crippen LogP contribution in [-0.2, 0) is 6.18 Å². The predicted octanol–water partition coefficient (Wildman–Crippen LogP) is 2.26. The fourth-order valence-electron chi connectivity index (χ4n) is 2.60. The van der Waals surface area contributed by atoms with Gasteiger partial charge in [-0.1, -0.05) is 6.92 Å². The number of alkyl halides is 3. The van der Waals surface area contributed by atoms with Crippen molar-refractivity contribution in [1.82, 2.24) is 14.7 Å². The van der Waals surface area contributed by atoms with Crippen LogP contribution in [0, 0.1) is 0 Å². The molecule has 0 bridgehead atoms. The average molecular weight is 291 g/mol. The van der Waals surface area contributed by atoms with Crippen molar-refractivity contribution >= 4 is 5.97 Å². The SMILES string of the molecule is CCN1CCCC(n2ncc(C(=O)O)c2C(F)(F)F)C1. The topological polar surface area (TPSA) is 58.4 Å². The van der Waals surface area contributed by atoms with Crippen molar-refractivity contribution in [3.8, 4) is 0 Å². The Morgan fingerprint density at radius 1 is 1.55 bits per heavy atom. The van der Waals surface area contributed by atoms with Gasteiger partial charge in [0.05, 0.1) is 12.2 Å². The van der Waals surface area contributed by atoms with E-state index in [1.807, 2.05) is 11.8 Å². The standard InChI is InChI=1S/C12H16F3N3O2/c1-2-17-5-3-4-8(7-17)18-10(12(13,14)15)9(6-16-18)11(19)20/h6,8H,2-5,7H2,1H3,(H,19,20). The number of hydrogen-bond donors (Lipinski definition) is 1. The molecule has 0 amide bonds. The first-order chi connectivity index (χ1) is 9.34. The maximum atomic E-state index is 13.1. The average Bonchev–Trinajstić information content (AvgIpc) is 2.83. The number of aromatic nitrogens is 2. The Kier molecular flexibility index (Phi) is 4.03. The lowest BCUT2D eigenvalue weighted by Crippen LogP contribution is -2.38. The molecule has 0 aliphatic carbocycles. The number of carbonyl (C=O) groups is 1. The molecule has 5 nitrogen and oxygen atoms in total. The van der Waals surface area contributed by atoms with Crippen LogP contribution < -0.4 is 0 Å². The Balaban J connectivity index is 2.39. The first-order valence-electron chi connectivity index (χ1n) is 6.45. The quantitative estimate of drug-likeness (QED) is 0.928. The molecule has 112 valence electrons. The number of hydrogen-bond acceptors (Lipinski definition) is 3. The van der Waals surface area contributed by atoms with Crippen LogP contribution in [0.1, 0.15) is 41.9 Å². The Morgan fingerprint density at radius 3 is 2.80 bits per heavy atom. The van der Waals surface area contributed by atoms with Gasteiger partial charge in [-0.25, -0.2) is 4.79 Å². The molecule has 20 heavy (non-hydrogen) atoms. The van der Waals surface area contributed by atoms with Gasteiger partial charge in [0, 0.05) is 6.54 Å². The van der Waals surface area contributed by atoms with E-state index in [2.05, 4.69) is 5.10 Å². The molecule has 2 rings (SSSR count). The van der Waals surface area contributed by atoms with Crippen LogP contribution in [0.25, 0.3) is 0 Å². The van der Waals surface area contributed by atoms with E-state index in [4.69, 9.17) is 5.11 Å². The zero-order valence-electron chi connectivity index (χ0n) is 11.0. The molecule has 1 aromatic rings. The van der Waals surface area contributed by atoms with Crippen molar-refractivity contribution in [2.24, 2.45) is 0 Å². The molecule has 1 aromatic heterocycles. The highest BCUT2D eigenvalue weighted by Crippen LogP contribution is 2.35. The van der Waals surface area contributed by atoms with Crippen molar-refractivity contribution in [3.05, 3.63) is 17.5 Å². The number of likely N-dealkylation sites (tertiary alicyclic amines) is 1. The molecule has 1 N–H and O–H groups in total. The Bertz CT molecular complexity index is 499. The third-order valence-electron chi connectivity index (χ3n) is 3.57. The summed E-state index contributed by atoms with van der Waals surface area (Å²) in [5.41, 5.74) is -1.95. The summed E-state index contributed by atoms with van der Waals surface area (Å²) in [6.07, 6.45) is -2.59. The number of piperidine rings is 1. The molecule has 0 radical (unpaired) electrons. The van der Waals surface area contributed by atoms with Gasteiger partial charge in [-0.05, 0) is 25.9 Å². The summed E-state index contributed by atoms with van der Waals surface area (Å²) in [4.78, 5) is 13.0. The maximum absolute atomic E-state index is 13.1.